The van der Waals surface area contributed by atoms with Gasteiger partial charge in [0.2, 0.25) is 7.37 Å². The van der Waals surface area contributed by atoms with Crippen LogP contribution in [0.4, 0.5) is 4.39 Å². The van der Waals surface area contributed by atoms with Gasteiger partial charge >= 0.3 is 5.97 Å². The van der Waals surface area contributed by atoms with E-state index in [1.165, 1.54) is 6.07 Å². The lowest BCUT2D eigenvalue weighted by Gasteiger charge is -2.21. The Labute approximate surface area is 177 Å². The molecule has 2 atom stereocenters. The number of carboxylic acids is 1. The van der Waals surface area contributed by atoms with E-state index in [-0.39, 0.29) is 17.9 Å². The number of carboxylic acid groups (broad SMARTS) is 1. The highest BCUT2D eigenvalue weighted by Gasteiger charge is 2.26. The Kier molecular flexibility index (Phi) is 7.98. The molecule has 0 fully saturated rings. The molecule has 0 aromatic heterocycles. The first-order valence-electron chi connectivity index (χ1n) is 10.00. The molecule has 0 aliphatic carbocycles. The molecule has 0 aliphatic rings. The molecule has 0 heterocycles. The maximum Gasteiger partial charge on any atom is 0.305 e. The maximum atomic E-state index is 13.8. The molecular formula is C23H30FO5P. The highest BCUT2D eigenvalue weighted by Crippen LogP contribution is 2.44. The third-order valence-electron chi connectivity index (χ3n) is 5.14. The molecule has 0 aliphatic heterocycles. The summed E-state index contributed by atoms with van der Waals surface area (Å²) < 4.78 is 26.4. The average Bonchev–Trinajstić information content (AvgIpc) is 2.61. The van der Waals surface area contributed by atoms with Crippen LogP contribution in [-0.4, -0.2) is 39.5 Å². The lowest BCUT2D eigenvalue weighted by molar-refractivity contribution is -0.138. The predicted molar refractivity (Wildman–Crippen MR) is 117 cm³/mol. The van der Waals surface area contributed by atoms with E-state index in [0.717, 1.165) is 27.8 Å². The molecule has 0 saturated heterocycles. The Hall–Kier alpha value is -2.01. The van der Waals surface area contributed by atoms with Gasteiger partial charge in [0.05, 0.1) is 18.7 Å². The van der Waals surface area contributed by atoms with E-state index in [1.807, 2.05) is 26.8 Å². The third kappa shape index (κ3) is 6.49. The van der Waals surface area contributed by atoms with E-state index >= 15 is 0 Å². The van der Waals surface area contributed by atoms with Crippen molar-refractivity contribution in [3.63, 3.8) is 0 Å². The Morgan fingerprint density at radius 1 is 1.17 bits per heavy atom. The van der Waals surface area contributed by atoms with Gasteiger partial charge in [0.25, 0.3) is 0 Å². The van der Waals surface area contributed by atoms with Crippen molar-refractivity contribution >= 4 is 13.3 Å². The Morgan fingerprint density at radius 3 is 2.40 bits per heavy atom. The quantitative estimate of drug-likeness (QED) is 0.487. The lowest BCUT2D eigenvalue weighted by atomic mass is 9.87. The van der Waals surface area contributed by atoms with Crippen molar-refractivity contribution in [2.24, 2.45) is 0 Å². The third-order valence-corrected chi connectivity index (χ3v) is 7.05. The molecule has 2 rings (SSSR count). The Bertz CT molecular complexity index is 970. The number of aliphatic hydroxyl groups is 1. The molecule has 0 radical (unpaired) electrons. The van der Waals surface area contributed by atoms with Crippen molar-refractivity contribution in [3.05, 3.63) is 58.4 Å². The zero-order valence-electron chi connectivity index (χ0n) is 17.9. The van der Waals surface area contributed by atoms with E-state index in [9.17, 15) is 23.7 Å². The van der Waals surface area contributed by atoms with Crippen LogP contribution in [-0.2, 0) is 15.8 Å². The topological polar surface area (TPSA) is 94.8 Å². The number of benzene rings is 2. The molecule has 164 valence electrons. The molecule has 0 saturated carbocycles. The number of hydrogen-bond donors (Lipinski definition) is 3. The normalized spacial score (nSPS) is 14.5. The van der Waals surface area contributed by atoms with Crippen molar-refractivity contribution in [2.45, 2.75) is 52.6 Å². The van der Waals surface area contributed by atoms with Gasteiger partial charge in [-0.3, -0.25) is 9.36 Å². The summed E-state index contributed by atoms with van der Waals surface area (Å²) in [7, 11) is -3.73. The minimum atomic E-state index is -3.73. The standard InChI is InChI=1S/C23H30FO5P/c1-14(2)20-9-15(3)10-21(17-5-6-22(24)16(4)11-17)19(20)7-8-30(28,29)13-18(25)12-23(26)27/h5-6,9-11,14,18,25H,7-8,12-13H2,1-4H3,(H,26,27)(H,28,29)/t18-/m0/s1. The van der Waals surface area contributed by atoms with E-state index < -0.39 is 32.0 Å². The number of aryl methyl sites for hydroxylation is 2. The molecule has 2 aromatic carbocycles. The summed E-state index contributed by atoms with van der Waals surface area (Å²) >= 11 is 0. The molecule has 5 nitrogen and oxygen atoms in total. The number of hydrogen-bond acceptors (Lipinski definition) is 3. The van der Waals surface area contributed by atoms with Crippen LogP contribution in [0.3, 0.4) is 0 Å². The monoisotopic (exact) mass is 436 g/mol. The fraction of sp³-hybridized carbons (Fsp3) is 0.435. The molecule has 3 N–H and O–H groups in total. The van der Waals surface area contributed by atoms with Crippen LogP contribution in [0.25, 0.3) is 11.1 Å². The summed E-state index contributed by atoms with van der Waals surface area (Å²) in [5.41, 5.74) is 5.28. The molecule has 30 heavy (non-hydrogen) atoms. The molecule has 0 amide bonds. The molecule has 0 spiro atoms. The van der Waals surface area contributed by atoms with Gasteiger partial charge in [-0.25, -0.2) is 4.39 Å². The van der Waals surface area contributed by atoms with Crippen LogP contribution in [0.5, 0.6) is 0 Å². The lowest BCUT2D eigenvalue weighted by Crippen LogP contribution is -2.18. The van der Waals surface area contributed by atoms with Crippen molar-refractivity contribution in [1.82, 2.24) is 0 Å². The minimum Gasteiger partial charge on any atom is -0.481 e. The van der Waals surface area contributed by atoms with Crippen LogP contribution in [0.2, 0.25) is 0 Å². The van der Waals surface area contributed by atoms with Gasteiger partial charge in [-0.05, 0) is 66.1 Å². The van der Waals surface area contributed by atoms with E-state index in [2.05, 4.69) is 6.07 Å². The predicted octanol–water partition coefficient (Wildman–Crippen LogP) is 4.88. The second kappa shape index (κ2) is 9.86. The fourth-order valence-electron chi connectivity index (χ4n) is 3.68. The van der Waals surface area contributed by atoms with Crippen LogP contribution in [0.1, 0.15) is 48.4 Å². The number of aliphatic carboxylic acids is 1. The van der Waals surface area contributed by atoms with Crippen molar-refractivity contribution in [2.75, 3.05) is 12.3 Å². The molecule has 0 bridgehead atoms. The van der Waals surface area contributed by atoms with Crippen molar-refractivity contribution < 1.29 is 28.9 Å². The summed E-state index contributed by atoms with van der Waals surface area (Å²) in [6, 6.07) is 8.95. The van der Waals surface area contributed by atoms with E-state index in [1.54, 1.807) is 19.1 Å². The first-order chi connectivity index (χ1) is 13.9. The summed E-state index contributed by atoms with van der Waals surface area (Å²) in [5, 5.41) is 18.5. The minimum absolute atomic E-state index is 0.0698. The van der Waals surface area contributed by atoms with Gasteiger partial charge in [-0.1, -0.05) is 37.6 Å². The highest BCUT2D eigenvalue weighted by atomic mass is 31.2. The molecular weight excluding hydrogens is 406 g/mol. The molecule has 2 aromatic rings. The SMILES string of the molecule is Cc1cc(-c2ccc(F)c(C)c2)c(CCP(=O)(O)C[C@@H](O)CC(=O)O)c(C(C)C)c1. The summed E-state index contributed by atoms with van der Waals surface area (Å²) in [5.74, 6) is -1.32. The molecule has 1 unspecified atom stereocenters. The Morgan fingerprint density at radius 2 is 1.83 bits per heavy atom. The fourth-order valence-corrected chi connectivity index (χ4v) is 5.22. The number of aliphatic hydroxyl groups excluding tert-OH is 1. The second-order valence-corrected chi connectivity index (χ2v) is 10.8. The molecule has 7 heteroatoms. The van der Waals surface area contributed by atoms with Crippen molar-refractivity contribution in [3.8, 4) is 11.1 Å². The van der Waals surface area contributed by atoms with Gasteiger partial charge in [0.1, 0.15) is 5.82 Å². The van der Waals surface area contributed by atoms with E-state index in [0.29, 0.717) is 12.0 Å². The van der Waals surface area contributed by atoms with Gasteiger partial charge in [-0.2, -0.15) is 0 Å². The zero-order valence-corrected chi connectivity index (χ0v) is 18.7. The van der Waals surface area contributed by atoms with Crippen LogP contribution in [0, 0.1) is 19.7 Å². The largest absolute Gasteiger partial charge is 0.481 e. The maximum absolute atomic E-state index is 13.8. The highest BCUT2D eigenvalue weighted by molar-refractivity contribution is 7.58. The van der Waals surface area contributed by atoms with Crippen molar-refractivity contribution in [1.29, 1.82) is 0 Å². The van der Waals surface area contributed by atoms with Gasteiger partial charge in [0, 0.05) is 6.16 Å². The van der Waals surface area contributed by atoms with Gasteiger partial charge in [-0.15, -0.1) is 0 Å². The number of halogens is 1. The first-order valence-corrected chi connectivity index (χ1v) is 12.0. The Balaban J connectivity index is 2.41. The van der Waals surface area contributed by atoms with Gasteiger partial charge in [0.15, 0.2) is 0 Å². The van der Waals surface area contributed by atoms with E-state index in [4.69, 9.17) is 5.11 Å². The average molecular weight is 436 g/mol. The summed E-state index contributed by atoms with van der Waals surface area (Å²) in [6.45, 7) is 7.78. The van der Waals surface area contributed by atoms with Crippen LogP contribution >= 0.6 is 7.37 Å². The first kappa shape index (κ1) is 24.3. The summed E-state index contributed by atoms with van der Waals surface area (Å²) in [4.78, 5) is 21.1. The van der Waals surface area contributed by atoms with Crippen LogP contribution in [0.15, 0.2) is 30.3 Å². The van der Waals surface area contributed by atoms with Gasteiger partial charge < -0.3 is 15.1 Å². The van der Waals surface area contributed by atoms with Crippen LogP contribution < -0.4 is 0 Å². The zero-order chi connectivity index (χ0) is 22.6. The summed E-state index contributed by atoms with van der Waals surface area (Å²) in [6.07, 6.45) is -2.15. The second-order valence-electron chi connectivity index (χ2n) is 8.25. The smallest absolute Gasteiger partial charge is 0.305 e. The number of rotatable bonds is 9. The number of carbonyl (C=O) groups is 1.